The monoisotopic (exact) mass is 266 g/mol. The Labute approximate surface area is 114 Å². The maximum Gasteiger partial charge on any atom is 0.355 e. The number of hydrogen-bond acceptors (Lipinski definition) is 3. The standard InChI is InChI=1S/C14H22N2O3/c1-7-16-10(4)11(13(17)15(5)6)9(3)12(16)14(18)19-8-2/h7-8H2,1-6H3. The SMILES string of the molecule is CCOC(=O)c1c(C)c(C(=O)N(C)C)c(C)n1CC. The lowest BCUT2D eigenvalue weighted by atomic mass is 10.1. The topological polar surface area (TPSA) is 51.5 Å². The van der Waals surface area contributed by atoms with Crippen LogP contribution in [0.3, 0.4) is 0 Å². The molecule has 1 aromatic heterocycles. The van der Waals surface area contributed by atoms with E-state index >= 15 is 0 Å². The third-order valence-electron chi connectivity index (χ3n) is 3.17. The second kappa shape index (κ2) is 5.91. The molecule has 0 unspecified atom stereocenters. The van der Waals surface area contributed by atoms with Crippen LogP contribution in [0.25, 0.3) is 0 Å². The highest BCUT2D eigenvalue weighted by Crippen LogP contribution is 2.24. The molecule has 0 aliphatic heterocycles. The van der Waals surface area contributed by atoms with E-state index in [1.807, 2.05) is 18.4 Å². The first-order valence-corrected chi connectivity index (χ1v) is 6.45. The van der Waals surface area contributed by atoms with Gasteiger partial charge in [-0.25, -0.2) is 4.79 Å². The number of carbonyl (C=O) groups excluding carboxylic acids is 2. The number of amides is 1. The summed E-state index contributed by atoms with van der Waals surface area (Å²) in [7, 11) is 3.41. The average molecular weight is 266 g/mol. The number of carbonyl (C=O) groups is 2. The van der Waals surface area contributed by atoms with Crippen LogP contribution in [0.2, 0.25) is 0 Å². The Hall–Kier alpha value is -1.78. The van der Waals surface area contributed by atoms with Crippen molar-refractivity contribution in [2.45, 2.75) is 34.2 Å². The second-order valence-electron chi connectivity index (χ2n) is 4.60. The molecule has 0 aliphatic carbocycles. The number of nitrogens with zero attached hydrogens (tertiary/aromatic N) is 2. The highest BCUT2D eigenvalue weighted by Gasteiger charge is 2.27. The third-order valence-corrected chi connectivity index (χ3v) is 3.17. The van der Waals surface area contributed by atoms with Gasteiger partial charge in [-0.15, -0.1) is 0 Å². The number of rotatable bonds is 4. The van der Waals surface area contributed by atoms with Crippen molar-refractivity contribution in [1.82, 2.24) is 9.47 Å². The van der Waals surface area contributed by atoms with E-state index in [0.717, 1.165) is 5.69 Å². The molecule has 0 aliphatic rings. The first kappa shape index (κ1) is 15.3. The van der Waals surface area contributed by atoms with Crippen molar-refractivity contribution < 1.29 is 14.3 Å². The summed E-state index contributed by atoms with van der Waals surface area (Å²) < 4.78 is 6.91. The number of esters is 1. The van der Waals surface area contributed by atoms with Crippen LogP contribution in [-0.2, 0) is 11.3 Å². The molecule has 0 saturated heterocycles. The van der Waals surface area contributed by atoms with Gasteiger partial charge >= 0.3 is 5.97 Å². The number of aromatic nitrogens is 1. The Balaban J connectivity index is 3.45. The molecule has 1 rings (SSSR count). The van der Waals surface area contributed by atoms with Crippen molar-refractivity contribution in [1.29, 1.82) is 0 Å². The Morgan fingerprint density at radius 1 is 1.21 bits per heavy atom. The molecule has 1 amide bonds. The molecule has 19 heavy (non-hydrogen) atoms. The van der Waals surface area contributed by atoms with Gasteiger partial charge in [0.15, 0.2) is 0 Å². The quantitative estimate of drug-likeness (QED) is 0.783. The van der Waals surface area contributed by atoms with Crippen molar-refractivity contribution in [3.8, 4) is 0 Å². The average Bonchev–Trinajstić information content (AvgIpc) is 2.59. The van der Waals surface area contributed by atoms with Crippen LogP contribution in [-0.4, -0.2) is 42.0 Å². The van der Waals surface area contributed by atoms with Crippen LogP contribution in [0, 0.1) is 13.8 Å². The van der Waals surface area contributed by atoms with E-state index in [2.05, 4.69) is 0 Å². The molecule has 1 aromatic rings. The molecule has 1 heterocycles. The van der Waals surface area contributed by atoms with Gasteiger partial charge in [-0.2, -0.15) is 0 Å². The molecule has 0 aromatic carbocycles. The van der Waals surface area contributed by atoms with Gasteiger partial charge in [0.2, 0.25) is 0 Å². The third kappa shape index (κ3) is 2.64. The highest BCUT2D eigenvalue weighted by molar-refractivity contribution is 6.01. The molecule has 0 saturated carbocycles. The van der Waals surface area contributed by atoms with E-state index in [9.17, 15) is 9.59 Å². The van der Waals surface area contributed by atoms with E-state index in [0.29, 0.717) is 30.0 Å². The van der Waals surface area contributed by atoms with Gasteiger partial charge in [0.25, 0.3) is 5.91 Å². The van der Waals surface area contributed by atoms with Crippen LogP contribution in [0.1, 0.15) is 46.0 Å². The Morgan fingerprint density at radius 2 is 1.79 bits per heavy atom. The van der Waals surface area contributed by atoms with Crippen molar-refractivity contribution >= 4 is 11.9 Å². The highest BCUT2D eigenvalue weighted by atomic mass is 16.5. The maximum absolute atomic E-state index is 12.2. The normalized spacial score (nSPS) is 10.4. The minimum absolute atomic E-state index is 0.0900. The summed E-state index contributed by atoms with van der Waals surface area (Å²) in [5, 5.41) is 0. The largest absolute Gasteiger partial charge is 0.461 e. The zero-order valence-corrected chi connectivity index (χ0v) is 12.5. The summed E-state index contributed by atoms with van der Waals surface area (Å²) in [5.74, 6) is -0.462. The number of hydrogen-bond donors (Lipinski definition) is 0. The van der Waals surface area contributed by atoms with E-state index in [-0.39, 0.29) is 11.9 Å². The fourth-order valence-corrected chi connectivity index (χ4v) is 2.29. The summed E-state index contributed by atoms with van der Waals surface area (Å²) in [4.78, 5) is 25.8. The van der Waals surface area contributed by atoms with Gasteiger partial charge in [0.1, 0.15) is 5.69 Å². The summed E-state index contributed by atoms with van der Waals surface area (Å²) >= 11 is 0. The molecular formula is C14H22N2O3. The molecule has 0 fully saturated rings. The minimum Gasteiger partial charge on any atom is -0.461 e. The lowest BCUT2D eigenvalue weighted by molar-refractivity contribution is 0.0512. The molecular weight excluding hydrogens is 244 g/mol. The van der Waals surface area contributed by atoms with Crippen LogP contribution in [0.4, 0.5) is 0 Å². The lowest BCUT2D eigenvalue weighted by Crippen LogP contribution is -2.23. The summed E-state index contributed by atoms with van der Waals surface area (Å²) in [6.45, 7) is 8.31. The summed E-state index contributed by atoms with van der Waals surface area (Å²) in [5.41, 5.74) is 2.57. The van der Waals surface area contributed by atoms with E-state index in [1.165, 1.54) is 4.90 Å². The maximum atomic E-state index is 12.2. The van der Waals surface area contributed by atoms with Crippen molar-refractivity contribution in [2.75, 3.05) is 20.7 Å². The second-order valence-corrected chi connectivity index (χ2v) is 4.60. The van der Waals surface area contributed by atoms with Crippen molar-refractivity contribution in [2.24, 2.45) is 0 Å². The zero-order chi connectivity index (χ0) is 14.7. The molecule has 5 heteroatoms. The first-order chi connectivity index (χ1) is 8.86. The Kier molecular flexibility index (Phi) is 4.75. The summed E-state index contributed by atoms with van der Waals surface area (Å²) in [6, 6.07) is 0. The predicted molar refractivity (Wildman–Crippen MR) is 73.6 cm³/mol. The first-order valence-electron chi connectivity index (χ1n) is 6.45. The van der Waals surface area contributed by atoms with Crippen LogP contribution >= 0.6 is 0 Å². The van der Waals surface area contributed by atoms with Gasteiger partial charge in [-0.1, -0.05) is 0 Å². The van der Waals surface area contributed by atoms with Crippen LogP contribution in [0.15, 0.2) is 0 Å². The molecule has 0 bridgehead atoms. The summed E-state index contributed by atoms with van der Waals surface area (Å²) in [6.07, 6.45) is 0. The molecule has 0 atom stereocenters. The zero-order valence-electron chi connectivity index (χ0n) is 12.5. The molecule has 0 radical (unpaired) electrons. The van der Waals surface area contributed by atoms with E-state index in [1.54, 1.807) is 27.9 Å². The van der Waals surface area contributed by atoms with Gasteiger partial charge in [0.05, 0.1) is 12.2 Å². The molecule has 0 N–H and O–H groups in total. The van der Waals surface area contributed by atoms with Crippen molar-refractivity contribution in [3.05, 3.63) is 22.5 Å². The van der Waals surface area contributed by atoms with E-state index in [4.69, 9.17) is 4.74 Å². The fourth-order valence-electron chi connectivity index (χ4n) is 2.29. The minimum atomic E-state index is -0.372. The Bertz CT molecular complexity index is 501. The van der Waals surface area contributed by atoms with Crippen LogP contribution < -0.4 is 0 Å². The van der Waals surface area contributed by atoms with E-state index < -0.39 is 0 Å². The molecule has 106 valence electrons. The fraction of sp³-hybridized carbons (Fsp3) is 0.571. The van der Waals surface area contributed by atoms with Gasteiger partial charge < -0.3 is 14.2 Å². The van der Waals surface area contributed by atoms with Gasteiger partial charge in [0, 0.05) is 26.3 Å². The lowest BCUT2D eigenvalue weighted by Gasteiger charge is -2.11. The molecule has 0 spiro atoms. The van der Waals surface area contributed by atoms with Gasteiger partial charge in [-0.05, 0) is 33.3 Å². The van der Waals surface area contributed by atoms with Gasteiger partial charge in [-0.3, -0.25) is 4.79 Å². The van der Waals surface area contributed by atoms with Crippen LogP contribution in [0.5, 0.6) is 0 Å². The number of ether oxygens (including phenoxy) is 1. The Morgan fingerprint density at radius 3 is 2.21 bits per heavy atom. The predicted octanol–water partition coefficient (Wildman–Crippen LogP) is 2.00. The smallest absolute Gasteiger partial charge is 0.355 e. The molecule has 5 nitrogen and oxygen atoms in total. The van der Waals surface area contributed by atoms with Crippen molar-refractivity contribution in [3.63, 3.8) is 0 Å².